The minimum absolute atomic E-state index is 0. The number of benzene rings is 1. The summed E-state index contributed by atoms with van der Waals surface area (Å²) in [6.07, 6.45) is 0.664. The molecule has 2 heterocycles. The summed E-state index contributed by atoms with van der Waals surface area (Å²) in [6.45, 7) is 4.97. The van der Waals surface area contributed by atoms with E-state index >= 15 is 0 Å². The Balaban J connectivity index is 0.00000261. The molecule has 8 nitrogen and oxygen atoms in total. The predicted molar refractivity (Wildman–Crippen MR) is 107 cm³/mol. The highest BCUT2D eigenvalue weighted by atomic mass is 35.5. The summed E-state index contributed by atoms with van der Waals surface area (Å²) < 4.78 is 7.30. The van der Waals surface area contributed by atoms with Gasteiger partial charge >= 0.3 is 0 Å². The molecule has 1 fully saturated rings. The molecule has 0 radical (unpaired) electrons. The van der Waals surface area contributed by atoms with Crippen LogP contribution in [0.15, 0.2) is 24.3 Å². The molecule has 1 amide bonds. The second kappa shape index (κ2) is 9.18. The van der Waals surface area contributed by atoms with Gasteiger partial charge in [0.25, 0.3) is 0 Å². The first-order valence-corrected chi connectivity index (χ1v) is 8.74. The fourth-order valence-electron chi connectivity index (χ4n) is 3.25. The van der Waals surface area contributed by atoms with E-state index in [1.54, 1.807) is 0 Å². The Bertz CT molecular complexity index is 777. The number of carbonyl (C=O) groups excluding carboxylic acids is 1. The molecule has 148 valence electrons. The van der Waals surface area contributed by atoms with Crippen LogP contribution in [0.3, 0.4) is 0 Å². The van der Waals surface area contributed by atoms with Gasteiger partial charge in [-0.3, -0.25) is 9.48 Å². The number of nitrogens with two attached hydrogens (primary N) is 1. The van der Waals surface area contributed by atoms with Crippen LogP contribution in [0.25, 0.3) is 0 Å². The Hall–Kier alpha value is -2.13. The predicted octanol–water partition coefficient (Wildman–Crippen LogP) is 1.34. The van der Waals surface area contributed by atoms with Crippen molar-refractivity contribution in [2.45, 2.75) is 32.4 Å². The quantitative estimate of drug-likeness (QED) is 0.589. The van der Waals surface area contributed by atoms with Crippen LogP contribution >= 0.6 is 12.4 Å². The van der Waals surface area contributed by atoms with Crippen molar-refractivity contribution in [1.29, 1.82) is 0 Å². The van der Waals surface area contributed by atoms with E-state index in [0.29, 0.717) is 19.6 Å². The number of carbonyl (C=O) groups is 1. The molecule has 27 heavy (non-hydrogen) atoms. The van der Waals surface area contributed by atoms with Gasteiger partial charge in [-0.1, -0.05) is 0 Å². The van der Waals surface area contributed by atoms with Crippen LogP contribution in [-0.4, -0.2) is 34.9 Å². The number of halogens is 1. The SMILES string of the molecule is Cc1nn(C)c(C)c1C1CC(C(=O)Nc2ccc(OCCN)cc2)NN1.Cl. The molecule has 2 unspecified atom stereocenters. The van der Waals surface area contributed by atoms with Gasteiger partial charge in [-0.15, -0.1) is 12.4 Å². The van der Waals surface area contributed by atoms with Crippen molar-refractivity contribution in [1.82, 2.24) is 20.6 Å². The molecule has 1 aromatic carbocycles. The standard InChI is InChI=1S/C18H26N6O2.ClH/c1-11-17(12(2)24(3)23-11)15-10-16(22-21-15)18(25)20-13-4-6-14(7-5-13)26-9-8-19;/h4-7,15-16,21-22H,8-10,19H2,1-3H3,(H,20,25);1H. The molecule has 2 atom stereocenters. The van der Waals surface area contributed by atoms with Crippen molar-refractivity contribution in [3.8, 4) is 5.75 Å². The van der Waals surface area contributed by atoms with Gasteiger partial charge in [0.05, 0.1) is 11.7 Å². The summed E-state index contributed by atoms with van der Waals surface area (Å²) in [5.41, 5.74) is 15.7. The van der Waals surface area contributed by atoms with E-state index in [0.717, 1.165) is 28.4 Å². The van der Waals surface area contributed by atoms with E-state index in [-0.39, 0.29) is 30.4 Å². The van der Waals surface area contributed by atoms with E-state index in [4.69, 9.17) is 10.5 Å². The van der Waals surface area contributed by atoms with Crippen molar-refractivity contribution in [2.75, 3.05) is 18.5 Å². The highest BCUT2D eigenvalue weighted by Crippen LogP contribution is 2.28. The van der Waals surface area contributed by atoms with Gasteiger partial charge in [-0.25, -0.2) is 10.9 Å². The Kier molecular flexibility index (Phi) is 7.20. The summed E-state index contributed by atoms with van der Waals surface area (Å²) in [4.78, 5) is 12.5. The topological polar surface area (TPSA) is 106 Å². The van der Waals surface area contributed by atoms with Crippen LogP contribution in [0.1, 0.15) is 29.4 Å². The third kappa shape index (κ3) is 4.78. The molecule has 2 aromatic rings. The fraction of sp³-hybridized carbons (Fsp3) is 0.444. The van der Waals surface area contributed by atoms with Gasteiger partial charge < -0.3 is 15.8 Å². The van der Waals surface area contributed by atoms with Gasteiger partial charge in [-0.2, -0.15) is 5.10 Å². The average Bonchev–Trinajstić information content (AvgIpc) is 3.19. The number of hydrogen-bond donors (Lipinski definition) is 4. The van der Waals surface area contributed by atoms with Gasteiger partial charge in [0.2, 0.25) is 5.91 Å². The molecule has 0 saturated carbocycles. The molecule has 1 aliphatic rings. The zero-order valence-corrected chi connectivity index (χ0v) is 16.6. The molecular weight excluding hydrogens is 368 g/mol. The third-order valence-corrected chi connectivity index (χ3v) is 4.64. The number of ether oxygens (including phenoxy) is 1. The van der Waals surface area contributed by atoms with E-state index in [2.05, 4.69) is 21.3 Å². The minimum Gasteiger partial charge on any atom is -0.492 e. The van der Waals surface area contributed by atoms with Crippen LogP contribution in [0.5, 0.6) is 5.75 Å². The maximum absolute atomic E-state index is 12.5. The lowest BCUT2D eigenvalue weighted by Crippen LogP contribution is -2.39. The lowest BCUT2D eigenvalue weighted by atomic mass is 10.00. The third-order valence-electron chi connectivity index (χ3n) is 4.64. The molecule has 5 N–H and O–H groups in total. The summed E-state index contributed by atoms with van der Waals surface area (Å²) in [5.74, 6) is 0.659. The molecule has 1 aromatic heterocycles. The molecule has 1 saturated heterocycles. The van der Waals surface area contributed by atoms with E-state index < -0.39 is 0 Å². The van der Waals surface area contributed by atoms with Gasteiger partial charge in [0.15, 0.2) is 0 Å². The van der Waals surface area contributed by atoms with Crippen molar-refractivity contribution in [3.63, 3.8) is 0 Å². The van der Waals surface area contributed by atoms with Gasteiger partial charge in [0, 0.05) is 30.5 Å². The first kappa shape index (κ1) is 21.2. The molecule has 3 rings (SSSR count). The van der Waals surface area contributed by atoms with Crippen molar-refractivity contribution < 1.29 is 9.53 Å². The van der Waals surface area contributed by atoms with Crippen molar-refractivity contribution in [3.05, 3.63) is 41.2 Å². The van der Waals surface area contributed by atoms with E-state index in [9.17, 15) is 4.79 Å². The second-order valence-electron chi connectivity index (χ2n) is 6.49. The largest absolute Gasteiger partial charge is 0.492 e. The highest BCUT2D eigenvalue weighted by molar-refractivity contribution is 5.95. The van der Waals surface area contributed by atoms with E-state index in [1.165, 1.54) is 0 Å². The number of nitrogens with one attached hydrogen (secondary N) is 3. The molecule has 0 spiro atoms. The van der Waals surface area contributed by atoms with Gasteiger partial charge in [0.1, 0.15) is 18.4 Å². The van der Waals surface area contributed by atoms with Crippen molar-refractivity contribution in [2.24, 2.45) is 12.8 Å². The lowest BCUT2D eigenvalue weighted by molar-refractivity contribution is -0.117. The number of aromatic nitrogens is 2. The Morgan fingerprint density at radius 3 is 2.63 bits per heavy atom. The molecular formula is C18H27ClN6O2. The number of rotatable bonds is 6. The summed E-state index contributed by atoms with van der Waals surface area (Å²) in [7, 11) is 1.93. The number of nitrogens with zero attached hydrogens (tertiary/aromatic N) is 2. The van der Waals surface area contributed by atoms with Crippen LogP contribution < -0.4 is 26.6 Å². The number of amides is 1. The second-order valence-corrected chi connectivity index (χ2v) is 6.49. The maximum atomic E-state index is 12.5. The van der Waals surface area contributed by atoms with Gasteiger partial charge in [-0.05, 0) is 44.5 Å². The lowest BCUT2D eigenvalue weighted by Gasteiger charge is -2.12. The molecule has 9 heteroatoms. The van der Waals surface area contributed by atoms with Crippen LogP contribution in [0.4, 0.5) is 5.69 Å². The van der Waals surface area contributed by atoms with Crippen LogP contribution in [0, 0.1) is 13.8 Å². The highest BCUT2D eigenvalue weighted by Gasteiger charge is 2.33. The molecule has 0 bridgehead atoms. The normalized spacial score (nSPS) is 18.8. The Labute approximate surface area is 165 Å². The van der Waals surface area contributed by atoms with E-state index in [1.807, 2.05) is 49.8 Å². The van der Waals surface area contributed by atoms with Crippen molar-refractivity contribution >= 4 is 24.0 Å². The van der Waals surface area contributed by atoms with Crippen LogP contribution in [-0.2, 0) is 11.8 Å². The summed E-state index contributed by atoms with van der Waals surface area (Å²) in [6, 6.07) is 7.02. The summed E-state index contributed by atoms with van der Waals surface area (Å²) in [5, 5.41) is 7.38. The first-order chi connectivity index (χ1) is 12.5. The zero-order valence-electron chi connectivity index (χ0n) is 15.8. The number of hydrogen-bond acceptors (Lipinski definition) is 6. The van der Waals surface area contributed by atoms with Crippen LogP contribution in [0.2, 0.25) is 0 Å². The molecule has 1 aliphatic heterocycles. The average molecular weight is 395 g/mol. The fourth-order valence-corrected chi connectivity index (χ4v) is 3.25. The number of aryl methyl sites for hydroxylation is 2. The maximum Gasteiger partial charge on any atom is 0.242 e. The smallest absolute Gasteiger partial charge is 0.242 e. The summed E-state index contributed by atoms with van der Waals surface area (Å²) >= 11 is 0. The zero-order chi connectivity index (χ0) is 18.7. The number of anilines is 1. The Morgan fingerprint density at radius 2 is 2.04 bits per heavy atom. The monoisotopic (exact) mass is 394 g/mol. The first-order valence-electron chi connectivity index (χ1n) is 8.74. The Morgan fingerprint density at radius 1 is 1.33 bits per heavy atom. The minimum atomic E-state index is -0.313. The molecule has 0 aliphatic carbocycles. The number of hydrazine groups is 1.